The van der Waals surface area contributed by atoms with Crippen molar-refractivity contribution in [2.24, 2.45) is 5.41 Å². The Morgan fingerprint density at radius 2 is 2.06 bits per heavy atom. The molecule has 0 saturated heterocycles. The van der Waals surface area contributed by atoms with E-state index in [2.05, 4.69) is 35.0 Å². The van der Waals surface area contributed by atoms with Gasteiger partial charge in [0.15, 0.2) is 0 Å². The minimum atomic E-state index is -0.204. The Kier molecular flexibility index (Phi) is 3.70. The summed E-state index contributed by atoms with van der Waals surface area (Å²) in [6, 6.07) is 8.24. The zero-order valence-corrected chi connectivity index (χ0v) is 11.3. The van der Waals surface area contributed by atoms with Crippen LogP contribution in [0.25, 0.3) is 0 Å². The van der Waals surface area contributed by atoms with Crippen molar-refractivity contribution in [1.82, 2.24) is 0 Å². The molecule has 1 atom stereocenters. The Balaban J connectivity index is 2.04. The lowest BCUT2D eigenvalue weighted by atomic mass is 9.80. The summed E-state index contributed by atoms with van der Waals surface area (Å²) in [5.74, 6) is 0. The van der Waals surface area contributed by atoms with Crippen molar-refractivity contribution < 1.29 is 5.11 Å². The van der Waals surface area contributed by atoms with Crippen LogP contribution in [0.5, 0.6) is 0 Å². The maximum absolute atomic E-state index is 10.3. The normalized spacial score (nSPS) is 20.9. The van der Waals surface area contributed by atoms with E-state index < -0.39 is 0 Å². The molecule has 88 valence electrons. The zero-order valence-electron chi connectivity index (χ0n) is 9.75. The molecule has 16 heavy (non-hydrogen) atoms. The fourth-order valence-electron chi connectivity index (χ4n) is 2.65. The summed E-state index contributed by atoms with van der Waals surface area (Å²) < 4.78 is 1.09. The topological polar surface area (TPSA) is 20.2 Å². The minimum absolute atomic E-state index is 0.141. The summed E-state index contributed by atoms with van der Waals surface area (Å²) in [6.45, 7) is 2.22. The number of halogens is 1. The average molecular weight is 283 g/mol. The fourth-order valence-corrected chi connectivity index (χ4v) is 3.10. The van der Waals surface area contributed by atoms with Gasteiger partial charge in [0.05, 0.1) is 6.10 Å². The first-order valence-electron chi connectivity index (χ1n) is 6.03. The van der Waals surface area contributed by atoms with Crippen molar-refractivity contribution in [3.63, 3.8) is 0 Å². The number of benzene rings is 1. The highest BCUT2D eigenvalue weighted by Gasteiger charge is 2.35. The standard InChI is InChI=1S/C14H19BrO/c1-14(7-2-3-8-14)13(16)10-11-5-4-6-12(15)9-11/h4-6,9,13,16H,2-3,7-8,10H2,1H3. The second-order valence-corrected chi connectivity index (χ2v) is 6.13. The highest BCUT2D eigenvalue weighted by molar-refractivity contribution is 9.10. The van der Waals surface area contributed by atoms with Gasteiger partial charge in [0.1, 0.15) is 0 Å². The molecule has 0 bridgehead atoms. The molecule has 1 aromatic rings. The predicted molar refractivity (Wildman–Crippen MR) is 70.4 cm³/mol. The van der Waals surface area contributed by atoms with Crippen LogP contribution in [0, 0.1) is 5.41 Å². The molecule has 0 heterocycles. The van der Waals surface area contributed by atoms with Crippen molar-refractivity contribution >= 4 is 15.9 Å². The van der Waals surface area contributed by atoms with E-state index in [-0.39, 0.29) is 11.5 Å². The summed E-state index contributed by atoms with van der Waals surface area (Å²) in [5.41, 5.74) is 1.36. The quantitative estimate of drug-likeness (QED) is 0.891. The maximum Gasteiger partial charge on any atom is 0.0634 e. The Hall–Kier alpha value is -0.340. The summed E-state index contributed by atoms with van der Waals surface area (Å²) in [7, 11) is 0. The van der Waals surface area contributed by atoms with Gasteiger partial charge in [0.2, 0.25) is 0 Å². The molecule has 2 heteroatoms. The number of aliphatic hydroxyl groups is 1. The van der Waals surface area contributed by atoms with E-state index in [1.165, 1.54) is 31.2 Å². The second-order valence-electron chi connectivity index (χ2n) is 5.21. The van der Waals surface area contributed by atoms with Gasteiger partial charge in [-0.2, -0.15) is 0 Å². The van der Waals surface area contributed by atoms with Crippen LogP contribution in [0.3, 0.4) is 0 Å². The SMILES string of the molecule is CC1(C(O)Cc2cccc(Br)c2)CCCC1. The molecular weight excluding hydrogens is 264 g/mol. The lowest BCUT2D eigenvalue weighted by Crippen LogP contribution is -2.31. The Morgan fingerprint density at radius 3 is 2.69 bits per heavy atom. The third-order valence-corrected chi connectivity index (χ3v) is 4.36. The van der Waals surface area contributed by atoms with Crippen LogP contribution in [-0.4, -0.2) is 11.2 Å². The molecule has 0 aliphatic heterocycles. The van der Waals surface area contributed by atoms with E-state index in [0.717, 1.165) is 10.9 Å². The van der Waals surface area contributed by atoms with Gasteiger partial charge in [-0.1, -0.05) is 47.8 Å². The Labute approximate surface area is 106 Å². The molecule has 0 radical (unpaired) electrons. The molecule has 0 amide bonds. The van der Waals surface area contributed by atoms with Gasteiger partial charge in [-0.25, -0.2) is 0 Å². The minimum Gasteiger partial charge on any atom is -0.392 e. The molecule has 1 aliphatic carbocycles. The van der Waals surface area contributed by atoms with Crippen LogP contribution >= 0.6 is 15.9 Å². The summed E-state index contributed by atoms with van der Waals surface area (Å²) in [5, 5.41) is 10.3. The lowest BCUT2D eigenvalue weighted by Gasteiger charge is -2.30. The van der Waals surface area contributed by atoms with E-state index in [1.807, 2.05) is 12.1 Å². The van der Waals surface area contributed by atoms with Crippen LogP contribution in [0.4, 0.5) is 0 Å². The van der Waals surface area contributed by atoms with E-state index in [4.69, 9.17) is 0 Å². The van der Waals surface area contributed by atoms with Crippen molar-refractivity contribution in [3.05, 3.63) is 34.3 Å². The van der Waals surface area contributed by atoms with Crippen LogP contribution in [0.1, 0.15) is 38.2 Å². The molecule has 0 spiro atoms. The number of aliphatic hydroxyl groups excluding tert-OH is 1. The summed E-state index contributed by atoms with van der Waals surface area (Å²) >= 11 is 3.47. The van der Waals surface area contributed by atoms with Crippen LogP contribution < -0.4 is 0 Å². The number of rotatable bonds is 3. The van der Waals surface area contributed by atoms with Crippen molar-refractivity contribution in [1.29, 1.82) is 0 Å². The summed E-state index contributed by atoms with van der Waals surface area (Å²) in [6.07, 6.45) is 5.45. The van der Waals surface area contributed by atoms with Gasteiger partial charge >= 0.3 is 0 Å². The first-order chi connectivity index (χ1) is 7.60. The van der Waals surface area contributed by atoms with Gasteiger partial charge < -0.3 is 5.11 Å². The summed E-state index contributed by atoms with van der Waals surface area (Å²) in [4.78, 5) is 0. The third kappa shape index (κ3) is 2.67. The molecule has 2 rings (SSSR count). The largest absolute Gasteiger partial charge is 0.392 e. The predicted octanol–water partition coefficient (Wildman–Crippen LogP) is 3.93. The van der Waals surface area contributed by atoms with Crippen molar-refractivity contribution in [2.45, 2.75) is 45.1 Å². The highest BCUT2D eigenvalue weighted by Crippen LogP contribution is 2.41. The second kappa shape index (κ2) is 4.89. The van der Waals surface area contributed by atoms with Crippen molar-refractivity contribution in [3.8, 4) is 0 Å². The lowest BCUT2D eigenvalue weighted by molar-refractivity contribution is 0.0424. The Morgan fingerprint density at radius 1 is 1.38 bits per heavy atom. The number of hydrogen-bond donors (Lipinski definition) is 1. The number of hydrogen-bond acceptors (Lipinski definition) is 1. The molecule has 1 aromatic carbocycles. The fraction of sp³-hybridized carbons (Fsp3) is 0.571. The van der Waals surface area contributed by atoms with E-state index in [0.29, 0.717) is 0 Å². The van der Waals surface area contributed by atoms with Gasteiger partial charge in [0.25, 0.3) is 0 Å². The maximum atomic E-state index is 10.3. The van der Waals surface area contributed by atoms with E-state index in [1.54, 1.807) is 0 Å². The smallest absolute Gasteiger partial charge is 0.0634 e. The van der Waals surface area contributed by atoms with Gasteiger partial charge in [-0.3, -0.25) is 0 Å². The van der Waals surface area contributed by atoms with E-state index in [9.17, 15) is 5.11 Å². The van der Waals surface area contributed by atoms with Gasteiger partial charge in [-0.05, 0) is 42.4 Å². The average Bonchev–Trinajstić information content (AvgIpc) is 2.66. The van der Waals surface area contributed by atoms with Crippen LogP contribution in [0.15, 0.2) is 28.7 Å². The van der Waals surface area contributed by atoms with E-state index >= 15 is 0 Å². The van der Waals surface area contributed by atoms with Crippen LogP contribution in [0.2, 0.25) is 0 Å². The molecule has 1 N–H and O–H groups in total. The molecule has 1 fully saturated rings. The molecule has 1 saturated carbocycles. The van der Waals surface area contributed by atoms with Gasteiger partial charge in [-0.15, -0.1) is 0 Å². The first kappa shape index (κ1) is 12.1. The highest BCUT2D eigenvalue weighted by atomic mass is 79.9. The molecular formula is C14H19BrO. The molecule has 0 aromatic heterocycles. The van der Waals surface area contributed by atoms with Gasteiger partial charge in [0, 0.05) is 4.47 Å². The monoisotopic (exact) mass is 282 g/mol. The molecule has 1 nitrogen and oxygen atoms in total. The first-order valence-corrected chi connectivity index (χ1v) is 6.82. The van der Waals surface area contributed by atoms with Crippen LogP contribution in [-0.2, 0) is 6.42 Å². The zero-order chi connectivity index (χ0) is 11.6. The molecule has 1 unspecified atom stereocenters. The Bertz CT molecular complexity index is 356. The third-order valence-electron chi connectivity index (χ3n) is 3.87. The van der Waals surface area contributed by atoms with Crippen molar-refractivity contribution in [2.75, 3.05) is 0 Å². The molecule has 1 aliphatic rings.